The van der Waals surface area contributed by atoms with Gasteiger partial charge >= 0.3 is 0 Å². The van der Waals surface area contributed by atoms with Crippen molar-refractivity contribution in [1.29, 1.82) is 0 Å². The first-order valence-corrected chi connectivity index (χ1v) is 8.01. The molecule has 3 nitrogen and oxygen atoms in total. The minimum Gasteiger partial charge on any atom is -0.497 e. The van der Waals surface area contributed by atoms with Crippen molar-refractivity contribution in [2.75, 3.05) is 13.7 Å². The van der Waals surface area contributed by atoms with Gasteiger partial charge in [-0.3, -0.25) is 0 Å². The molecule has 3 unspecified atom stereocenters. The molecule has 2 aromatic rings. The van der Waals surface area contributed by atoms with Crippen LogP contribution in [0.2, 0.25) is 0 Å². The van der Waals surface area contributed by atoms with Crippen LogP contribution in [0.5, 0.6) is 5.75 Å². The predicted molar refractivity (Wildman–Crippen MR) is 87.1 cm³/mol. The molecule has 3 atom stereocenters. The fraction of sp³-hybridized carbons (Fsp3) is 0.412. The monoisotopic (exact) mass is 350 g/mol. The van der Waals surface area contributed by atoms with E-state index in [4.69, 9.17) is 14.2 Å². The van der Waals surface area contributed by atoms with Crippen molar-refractivity contribution in [3.63, 3.8) is 0 Å². The number of rotatable bonds is 3. The van der Waals surface area contributed by atoms with Crippen molar-refractivity contribution in [1.82, 2.24) is 0 Å². The van der Waals surface area contributed by atoms with Crippen molar-refractivity contribution in [3.8, 4) is 5.75 Å². The molecule has 1 fully saturated rings. The lowest BCUT2D eigenvalue weighted by atomic mass is 9.99. The Balaban J connectivity index is 2.07. The van der Waals surface area contributed by atoms with Crippen LogP contribution in [-0.4, -0.2) is 24.6 Å². The summed E-state index contributed by atoms with van der Waals surface area (Å²) in [5.41, 5.74) is 1.04. The topological polar surface area (TPSA) is 27.7 Å². The summed E-state index contributed by atoms with van der Waals surface area (Å²) in [7, 11) is 1.68. The molecule has 2 aromatic carbocycles. The number of hydrogen-bond donors (Lipinski definition) is 0. The first kappa shape index (κ1) is 14.8. The van der Waals surface area contributed by atoms with E-state index >= 15 is 0 Å². The largest absolute Gasteiger partial charge is 0.497 e. The number of benzene rings is 2. The maximum absolute atomic E-state index is 6.10. The van der Waals surface area contributed by atoms with E-state index in [0.29, 0.717) is 6.61 Å². The maximum atomic E-state index is 6.10. The first-order valence-electron chi connectivity index (χ1n) is 7.09. The lowest BCUT2D eigenvalue weighted by Gasteiger charge is -2.31. The number of alkyl halides is 1. The number of fused-ring (bicyclic) bond motifs is 1. The summed E-state index contributed by atoms with van der Waals surface area (Å²) in [6, 6.07) is 12.3. The standard InChI is InChI=1S/C17H19BrO3/c1-11-10-20-17(21-11,12(2)18)15-6-4-14-9-16(19-3)7-5-13(14)8-15/h4-9,11-12H,10H2,1-3H3. The molecular formula is C17H19BrO3. The Hall–Kier alpha value is -1.10. The van der Waals surface area contributed by atoms with Gasteiger partial charge in [-0.25, -0.2) is 0 Å². The van der Waals surface area contributed by atoms with Crippen molar-refractivity contribution >= 4 is 26.7 Å². The third kappa shape index (κ3) is 2.56. The second-order valence-electron chi connectivity index (χ2n) is 5.45. The minimum absolute atomic E-state index is 0.0608. The predicted octanol–water partition coefficient (Wildman–Crippen LogP) is 4.22. The van der Waals surface area contributed by atoms with Crippen molar-refractivity contribution in [3.05, 3.63) is 42.0 Å². The Bertz CT molecular complexity index is 656. The first-order chi connectivity index (χ1) is 10.0. The number of hydrogen-bond acceptors (Lipinski definition) is 3. The summed E-state index contributed by atoms with van der Waals surface area (Å²) in [5, 5.41) is 2.29. The van der Waals surface area contributed by atoms with Gasteiger partial charge in [0, 0.05) is 5.56 Å². The third-order valence-corrected chi connectivity index (χ3v) is 4.48. The molecule has 0 spiro atoms. The molecule has 0 radical (unpaired) electrons. The quantitative estimate of drug-likeness (QED) is 0.775. The molecule has 112 valence electrons. The molecule has 1 heterocycles. The van der Waals surface area contributed by atoms with Gasteiger partial charge in [0.05, 0.1) is 24.6 Å². The second kappa shape index (κ2) is 5.59. The second-order valence-corrected chi connectivity index (χ2v) is 6.82. The third-order valence-electron chi connectivity index (χ3n) is 3.88. The van der Waals surface area contributed by atoms with Gasteiger partial charge in [0.15, 0.2) is 0 Å². The molecule has 4 heteroatoms. The van der Waals surface area contributed by atoms with E-state index in [-0.39, 0.29) is 10.9 Å². The Morgan fingerprint density at radius 1 is 1.24 bits per heavy atom. The molecule has 0 N–H and O–H groups in total. The lowest BCUT2D eigenvalue weighted by molar-refractivity contribution is -0.171. The highest BCUT2D eigenvalue weighted by atomic mass is 79.9. The Morgan fingerprint density at radius 3 is 2.57 bits per heavy atom. The Kier molecular flexibility index (Phi) is 3.95. The van der Waals surface area contributed by atoms with E-state index < -0.39 is 5.79 Å². The summed E-state index contributed by atoms with van der Waals surface area (Å²) in [4.78, 5) is 0.0608. The molecule has 1 saturated heterocycles. The van der Waals surface area contributed by atoms with E-state index in [2.05, 4.69) is 47.1 Å². The summed E-state index contributed by atoms with van der Waals surface area (Å²) in [6.45, 7) is 4.69. The molecule has 21 heavy (non-hydrogen) atoms. The normalized spacial score (nSPS) is 27.0. The van der Waals surface area contributed by atoms with Crippen LogP contribution in [0.25, 0.3) is 10.8 Å². The van der Waals surface area contributed by atoms with E-state index in [1.165, 1.54) is 0 Å². The highest BCUT2D eigenvalue weighted by molar-refractivity contribution is 9.09. The molecule has 1 aliphatic rings. The Morgan fingerprint density at radius 2 is 1.95 bits per heavy atom. The summed E-state index contributed by atoms with van der Waals surface area (Å²) in [5.74, 6) is 0.147. The minimum atomic E-state index is -0.715. The van der Waals surface area contributed by atoms with Gasteiger partial charge in [0.1, 0.15) is 5.75 Å². The fourth-order valence-electron chi connectivity index (χ4n) is 2.77. The fourth-order valence-corrected chi connectivity index (χ4v) is 3.27. The summed E-state index contributed by atoms with van der Waals surface area (Å²) < 4.78 is 17.4. The molecule has 0 saturated carbocycles. The SMILES string of the molecule is COc1ccc2cc(C3(C(C)Br)OCC(C)O3)ccc2c1. The smallest absolute Gasteiger partial charge is 0.207 e. The molecular weight excluding hydrogens is 332 g/mol. The molecule has 0 amide bonds. The van der Waals surface area contributed by atoms with Crippen LogP contribution >= 0.6 is 15.9 Å². The van der Waals surface area contributed by atoms with Gasteiger partial charge in [-0.2, -0.15) is 0 Å². The molecule has 0 bridgehead atoms. The Labute approximate surface area is 133 Å². The van der Waals surface area contributed by atoms with Gasteiger partial charge in [0.2, 0.25) is 5.79 Å². The molecule has 0 aromatic heterocycles. The van der Waals surface area contributed by atoms with Crippen LogP contribution in [0.3, 0.4) is 0 Å². The van der Waals surface area contributed by atoms with Crippen LogP contribution in [-0.2, 0) is 15.3 Å². The number of methoxy groups -OCH3 is 1. The van der Waals surface area contributed by atoms with E-state index in [9.17, 15) is 0 Å². The van der Waals surface area contributed by atoms with E-state index in [0.717, 1.165) is 22.1 Å². The average Bonchev–Trinajstić information content (AvgIpc) is 2.89. The lowest BCUT2D eigenvalue weighted by Crippen LogP contribution is -2.35. The van der Waals surface area contributed by atoms with E-state index in [1.54, 1.807) is 7.11 Å². The number of ether oxygens (including phenoxy) is 3. The van der Waals surface area contributed by atoms with Gasteiger partial charge < -0.3 is 14.2 Å². The molecule has 1 aliphatic heterocycles. The van der Waals surface area contributed by atoms with Gasteiger partial charge in [-0.15, -0.1) is 0 Å². The van der Waals surface area contributed by atoms with Crippen molar-refractivity contribution < 1.29 is 14.2 Å². The van der Waals surface area contributed by atoms with Gasteiger partial charge in [-0.05, 0) is 42.8 Å². The highest BCUT2D eigenvalue weighted by Crippen LogP contribution is 2.41. The van der Waals surface area contributed by atoms with Crippen LogP contribution < -0.4 is 4.74 Å². The van der Waals surface area contributed by atoms with Crippen molar-refractivity contribution in [2.24, 2.45) is 0 Å². The zero-order valence-electron chi connectivity index (χ0n) is 12.4. The van der Waals surface area contributed by atoms with Gasteiger partial charge in [0.25, 0.3) is 0 Å². The zero-order chi connectivity index (χ0) is 15.0. The van der Waals surface area contributed by atoms with Crippen molar-refractivity contribution in [2.45, 2.75) is 30.6 Å². The summed E-state index contributed by atoms with van der Waals surface area (Å²) >= 11 is 3.64. The summed E-state index contributed by atoms with van der Waals surface area (Å²) in [6.07, 6.45) is 0.0940. The molecule has 3 rings (SSSR count). The van der Waals surface area contributed by atoms with Gasteiger partial charge in [-0.1, -0.05) is 34.1 Å². The zero-order valence-corrected chi connectivity index (χ0v) is 14.0. The molecule has 0 aliphatic carbocycles. The maximum Gasteiger partial charge on any atom is 0.207 e. The van der Waals surface area contributed by atoms with Crippen LogP contribution in [0.15, 0.2) is 36.4 Å². The highest BCUT2D eigenvalue weighted by Gasteiger charge is 2.45. The average molecular weight is 351 g/mol. The van der Waals surface area contributed by atoms with Crippen LogP contribution in [0.1, 0.15) is 19.4 Å². The van der Waals surface area contributed by atoms with Crippen LogP contribution in [0.4, 0.5) is 0 Å². The number of halogens is 1. The van der Waals surface area contributed by atoms with Crippen LogP contribution in [0, 0.1) is 0 Å². The van der Waals surface area contributed by atoms with E-state index in [1.807, 2.05) is 19.1 Å².